The average molecular weight is 355 g/mol. The highest BCUT2D eigenvalue weighted by Gasteiger charge is 2.10. The Balaban J connectivity index is 2.06. The Hall–Kier alpha value is 0.420. The van der Waals surface area contributed by atoms with Gasteiger partial charge in [-0.2, -0.15) is 0 Å². The first-order valence-electron chi connectivity index (χ1n) is 4.16. The summed E-state index contributed by atoms with van der Waals surface area (Å²) in [5.41, 5.74) is 1.24. The lowest BCUT2D eigenvalue weighted by molar-refractivity contribution is 0.943. The highest BCUT2D eigenvalue weighted by molar-refractivity contribution is 14.1. The lowest BCUT2D eigenvalue weighted by atomic mass is 10.1. The molecule has 74 valence electrons. The van der Waals surface area contributed by atoms with Gasteiger partial charge in [-0.25, -0.2) is 0 Å². The van der Waals surface area contributed by atoms with Crippen LogP contribution < -0.4 is 0 Å². The van der Waals surface area contributed by atoms with E-state index in [1.165, 1.54) is 13.3 Å². The second-order valence-electron chi connectivity index (χ2n) is 2.94. The Morgan fingerprint density at radius 3 is 2.86 bits per heavy atom. The van der Waals surface area contributed by atoms with E-state index in [1.54, 1.807) is 22.7 Å². The van der Waals surface area contributed by atoms with Gasteiger partial charge in [-0.15, -0.1) is 34.3 Å². The summed E-state index contributed by atoms with van der Waals surface area (Å²) in [6.07, 6.45) is 0.937. The zero-order valence-corrected chi connectivity index (χ0v) is 11.8. The number of thiophene rings is 2. The van der Waals surface area contributed by atoms with Crippen molar-refractivity contribution in [1.82, 2.24) is 0 Å². The third-order valence-corrected chi connectivity index (χ3v) is 5.02. The predicted molar refractivity (Wildman–Crippen MR) is 73.7 cm³/mol. The van der Waals surface area contributed by atoms with Crippen LogP contribution in [0.2, 0.25) is 0 Å². The predicted octanol–water partition coefficient (Wildman–Crippen LogP) is 4.94. The topological polar surface area (TPSA) is 0 Å². The van der Waals surface area contributed by atoms with E-state index < -0.39 is 0 Å². The van der Waals surface area contributed by atoms with E-state index in [0.29, 0.717) is 0 Å². The van der Waals surface area contributed by atoms with Crippen LogP contribution in [0.15, 0.2) is 29.0 Å². The third-order valence-electron chi connectivity index (χ3n) is 1.91. The fourth-order valence-electron chi connectivity index (χ4n) is 1.21. The molecule has 0 aliphatic rings. The molecule has 0 radical (unpaired) electrons. The second-order valence-corrected chi connectivity index (χ2v) is 7.30. The molecule has 0 aromatic carbocycles. The van der Waals surface area contributed by atoms with E-state index in [4.69, 9.17) is 11.6 Å². The third kappa shape index (κ3) is 2.72. The van der Waals surface area contributed by atoms with Gasteiger partial charge >= 0.3 is 0 Å². The van der Waals surface area contributed by atoms with Crippen LogP contribution in [0, 0.1) is 2.88 Å². The molecule has 0 N–H and O–H groups in total. The quantitative estimate of drug-likeness (QED) is 0.541. The van der Waals surface area contributed by atoms with Crippen molar-refractivity contribution in [2.45, 2.75) is 11.8 Å². The Morgan fingerprint density at radius 2 is 2.29 bits per heavy atom. The molecule has 0 bridgehead atoms. The van der Waals surface area contributed by atoms with Gasteiger partial charge in [0, 0.05) is 11.3 Å². The molecule has 0 nitrogen and oxygen atoms in total. The Morgan fingerprint density at radius 1 is 1.43 bits per heavy atom. The molecule has 2 heterocycles. The minimum absolute atomic E-state index is 0.119. The summed E-state index contributed by atoms with van der Waals surface area (Å²) >= 11 is 12.2. The van der Waals surface area contributed by atoms with Gasteiger partial charge in [0.15, 0.2) is 0 Å². The van der Waals surface area contributed by atoms with E-state index in [-0.39, 0.29) is 5.38 Å². The van der Waals surface area contributed by atoms with Gasteiger partial charge < -0.3 is 0 Å². The molecule has 2 rings (SSSR count). The first-order valence-corrected chi connectivity index (χ1v) is 7.43. The SMILES string of the molecule is ClC(Cc1cccs1)c1csc(I)c1. The Kier molecular flexibility index (Phi) is 3.87. The van der Waals surface area contributed by atoms with Crippen LogP contribution in [-0.2, 0) is 6.42 Å². The molecule has 0 aliphatic carbocycles. The fourth-order valence-corrected chi connectivity index (χ4v) is 3.85. The van der Waals surface area contributed by atoms with Gasteiger partial charge in [-0.05, 0) is 51.0 Å². The minimum Gasteiger partial charge on any atom is -0.149 e. The first kappa shape index (κ1) is 10.9. The van der Waals surface area contributed by atoms with Crippen LogP contribution in [-0.4, -0.2) is 0 Å². The van der Waals surface area contributed by atoms with Crippen LogP contribution in [0.4, 0.5) is 0 Å². The van der Waals surface area contributed by atoms with Crippen molar-refractivity contribution < 1.29 is 0 Å². The monoisotopic (exact) mass is 354 g/mol. The highest BCUT2D eigenvalue weighted by Crippen LogP contribution is 2.30. The van der Waals surface area contributed by atoms with Gasteiger partial charge in [0.05, 0.1) is 8.26 Å². The molecule has 0 fully saturated rings. The molecule has 1 atom stereocenters. The van der Waals surface area contributed by atoms with Crippen molar-refractivity contribution in [2.75, 3.05) is 0 Å². The molecule has 0 saturated carbocycles. The molecule has 0 saturated heterocycles. The smallest absolute Gasteiger partial charge is 0.0656 e. The fraction of sp³-hybridized carbons (Fsp3) is 0.200. The number of alkyl halides is 1. The first-order chi connectivity index (χ1) is 6.75. The molecule has 1 unspecified atom stereocenters. The summed E-state index contributed by atoms with van der Waals surface area (Å²) in [6, 6.07) is 6.37. The summed E-state index contributed by atoms with van der Waals surface area (Å²) in [5.74, 6) is 0. The van der Waals surface area contributed by atoms with Gasteiger partial charge in [0.1, 0.15) is 0 Å². The number of hydrogen-bond donors (Lipinski definition) is 0. The van der Waals surface area contributed by atoms with Crippen LogP contribution in [0.3, 0.4) is 0 Å². The number of rotatable bonds is 3. The van der Waals surface area contributed by atoms with Crippen LogP contribution in [0.1, 0.15) is 15.8 Å². The molecule has 0 amide bonds. The standard InChI is InChI=1S/C10H8ClIS2/c11-9(5-8-2-1-3-13-8)7-4-10(12)14-6-7/h1-4,6,9H,5H2. The lowest BCUT2D eigenvalue weighted by Crippen LogP contribution is -1.91. The molecule has 4 heteroatoms. The van der Waals surface area contributed by atoms with Crippen molar-refractivity contribution in [3.8, 4) is 0 Å². The average Bonchev–Trinajstić information content (AvgIpc) is 2.75. The van der Waals surface area contributed by atoms with E-state index in [0.717, 1.165) is 6.42 Å². The maximum Gasteiger partial charge on any atom is 0.0656 e. The van der Waals surface area contributed by atoms with Crippen LogP contribution >= 0.6 is 56.9 Å². The molecule has 2 aromatic heterocycles. The Labute approximate surface area is 110 Å². The van der Waals surface area contributed by atoms with E-state index in [9.17, 15) is 0 Å². The second kappa shape index (κ2) is 4.96. The summed E-state index contributed by atoms with van der Waals surface area (Å²) < 4.78 is 1.30. The molecular formula is C10H8ClIS2. The molecular weight excluding hydrogens is 347 g/mol. The van der Waals surface area contributed by atoms with Crippen molar-refractivity contribution in [3.63, 3.8) is 0 Å². The molecule has 0 aliphatic heterocycles. The van der Waals surface area contributed by atoms with Gasteiger partial charge in [0.25, 0.3) is 0 Å². The molecule has 2 aromatic rings. The van der Waals surface area contributed by atoms with E-state index in [1.807, 2.05) is 0 Å². The highest BCUT2D eigenvalue weighted by atomic mass is 127. The van der Waals surface area contributed by atoms with Gasteiger partial charge in [0.2, 0.25) is 0 Å². The minimum atomic E-state index is 0.119. The van der Waals surface area contributed by atoms with E-state index >= 15 is 0 Å². The summed E-state index contributed by atoms with van der Waals surface area (Å²) in [4.78, 5) is 1.35. The van der Waals surface area contributed by atoms with Gasteiger partial charge in [-0.3, -0.25) is 0 Å². The summed E-state index contributed by atoms with van der Waals surface area (Å²) in [6.45, 7) is 0. The van der Waals surface area contributed by atoms with E-state index in [2.05, 4.69) is 51.6 Å². The van der Waals surface area contributed by atoms with Crippen molar-refractivity contribution in [2.24, 2.45) is 0 Å². The Bertz CT molecular complexity index is 394. The maximum atomic E-state index is 6.32. The molecule has 14 heavy (non-hydrogen) atoms. The van der Waals surface area contributed by atoms with Crippen LogP contribution in [0.25, 0.3) is 0 Å². The zero-order valence-electron chi connectivity index (χ0n) is 7.24. The largest absolute Gasteiger partial charge is 0.149 e. The van der Waals surface area contributed by atoms with Gasteiger partial charge in [-0.1, -0.05) is 6.07 Å². The van der Waals surface area contributed by atoms with Crippen molar-refractivity contribution in [1.29, 1.82) is 0 Å². The maximum absolute atomic E-state index is 6.32. The van der Waals surface area contributed by atoms with Crippen molar-refractivity contribution in [3.05, 3.63) is 42.3 Å². The number of halogens is 2. The van der Waals surface area contributed by atoms with Crippen LogP contribution in [0.5, 0.6) is 0 Å². The normalized spacial score (nSPS) is 13.0. The lowest BCUT2D eigenvalue weighted by Gasteiger charge is -2.04. The zero-order chi connectivity index (χ0) is 9.97. The number of hydrogen-bond acceptors (Lipinski definition) is 2. The summed E-state index contributed by atoms with van der Waals surface area (Å²) in [7, 11) is 0. The van der Waals surface area contributed by atoms with Crippen molar-refractivity contribution >= 4 is 56.9 Å². The molecule has 0 spiro atoms. The summed E-state index contributed by atoms with van der Waals surface area (Å²) in [5, 5.41) is 4.36.